The number of carboxylic acids is 1. The van der Waals surface area contributed by atoms with Gasteiger partial charge in [-0.2, -0.15) is 0 Å². The molecule has 0 aromatic heterocycles. The zero-order valence-corrected chi connectivity index (χ0v) is 7.31. The minimum absolute atomic E-state index is 0.283. The lowest BCUT2D eigenvalue weighted by molar-refractivity contribution is -0.143. The van der Waals surface area contributed by atoms with E-state index < -0.39 is 11.6 Å². The molecule has 0 radical (unpaired) electrons. The average molecular weight is 188 g/mol. The van der Waals surface area contributed by atoms with E-state index in [2.05, 4.69) is 0 Å². The molecule has 3 nitrogen and oxygen atoms in total. The van der Waals surface area contributed by atoms with Crippen LogP contribution in [0.3, 0.4) is 0 Å². The first-order valence-corrected chi connectivity index (χ1v) is 4.44. The van der Waals surface area contributed by atoms with Crippen molar-refractivity contribution >= 4 is 12.0 Å². The Kier molecular flexibility index (Phi) is 1.25. The lowest BCUT2D eigenvalue weighted by Gasteiger charge is -2.13. The van der Waals surface area contributed by atoms with Crippen molar-refractivity contribution in [1.29, 1.82) is 0 Å². The maximum absolute atomic E-state index is 11.1. The zero-order valence-electron chi connectivity index (χ0n) is 7.31. The van der Waals surface area contributed by atoms with Crippen molar-refractivity contribution < 1.29 is 14.6 Å². The van der Waals surface area contributed by atoms with Gasteiger partial charge in [-0.05, 0) is 5.56 Å². The van der Waals surface area contributed by atoms with Gasteiger partial charge in [0.15, 0.2) is 0 Å². The normalized spacial score (nSPS) is 31.9. The number of carbonyl (C=O) groups is 1. The van der Waals surface area contributed by atoms with Crippen molar-refractivity contribution in [2.45, 2.75) is 11.7 Å². The predicted molar refractivity (Wildman–Crippen MR) is 49.7 cm³/mol. The molecule has 0 bridgehead atoms. The zero-order chi connectivity index (χ0) is 9.76. The van der Waals surface area contributed by atoms with E-state index >= 15 is 0 Å². The number of hydrogen-bond acceptors (Lipinski definition) is 2. The summed E-state index contributed by atoms with van der Waals surface area (Å²) >= 11 is 0. The van der Waals surface area contributed by atoms with Gasteiger partial charge in [-0.1, -0.05) is 36.4 Å². The number of rotatable bonds is 1. The van der Waals surface area contributed by atoms with Gasteiger partial charge in [0, 0.05) is 5.56 Å². The lowest BCUT2D eigenvalue weighted by atomic mass is 9.87. The second-order valence-electron chi connectivity index (χ2n) is 3.53. The summed E-state index contributed by atoms with van der Waals surface area (Å²) in [5.41, 5.74) is 0.606. The van der Waals surface area contributed by atoms with Crippen LogP contribution in [-0.2, 0) is 15.1 Å². The summed E-state index contributed by atoms with van der Waals surface area (Å²) in [4.78, 5) is 11.1. The number of aliphatic carboxylic acids is 1. The third-order valence-electron chi connectivity index (χ3n) is 2.79. The summed E-state index contributed by atoms with van der Waals surface area (Å²) in [5.74, 6) is -0.903. The van der Waals surface area contributed by atoms with Crippen LogP contribution in [0.2, 0.25) is 0 Å². The van der Waals surface area contributed by atoms with Gasteiger partial charge in [-0.3, -0.25) is 0 Å². The van der Waals surface area contributed by atoms with Crippen molar-refractivity contribution in [3.8, 4) is 0 Å². The van der Waals surface area contributed by atoms with E-state index in [0.717, 1.165) is 11.1 Å². The van der Waals surface area contributed by atoms with Gasteiger partial charge in [-0.25, -0.2) is 4.79 Å². The first kappa shape index (κ1) is 7.76. The molecule has 1 saturated heterocycles. The van der Waals surface area contributed by atoms with E-state index in [1.165, 1.54) is 0 Å². The summed E-state index contributed by atoms with van der Waals surface area (Å²) in [6.45, 7) is 0. The summed E-state index contributed by atoms with van der Waals surface area (Å²) in [6, 6.07) is 7.43. The molecule has 2 atom stereocenters. The molecular formula is C11H8O3. The second kappa shape index (κ2) is 2.25. The van der Waals surface area contributed by atoms with Crippen LogP contribution < -0.4 is 0 Å². The average Bonchev–Trinajstić information content (AvgIpc) is 2.93. The van der Waals surface area contributed by atoms with Gasteiger partial charge in [0.2, 0.25) is 5.60 Å². The molecule has 0 spiro atoms. The fourth-order valence-electron chi connectivity index (χ4n) is 2.02. The van der Waals surface area contributed by atoms with Gasteiger partial charge in [0.25, 0.3) is 0 Å². The SMILES string of the molecule is O=C(O)C12OC1C=Cc1ccccc12. The molecule has 0 saturated carbocycles. The maximum atomic E-state index is 11.1. The monoisotopic (exact) mass is 188 g/mol. The molecule has 14 heavy (non-hydrogen) atoms. The Bertz CT molecular complexity index is 450. The minimum atomic E-state index is -1.09. The van der Waals surface area contributed by atoms with Gasteiger partial charge in [-0.15, -0.1) is 0 Å². The first-order chi connectivity index (χ1) is 6.75. The maximum Gasteiger partial charge on any atom is 0.343 e. The molecule has 1 heterocycles. The summed E-state index contributed by atoms with van der Waals surface area (Å²) in [6.07, 6.45) is 3.43. The van der Waals surface area contributed by atoms with Gasteiger partial charge < -0.3 is 9.84 Å². The number of epoxide rings is 1. The molecule has 1 aliphatic carbocycles. The Hall–Kier alpha value is -1.61. The molecular weight excluding hydrogens is 180 g/mol. The fourth-order valence-corrected chi connectivity index (χ4v) is 2.02. The Balaban J connectivity index is 2.24. The first-order valence-electron chi connectivity index (χ1n) is 4.44. The smallest absolute Gasteiger partial charge is 0.343 e. The Labute approximate surface area is 80.6 Å². The molecule has 1 fully saturated rings. The van der Waals surface area contributed by atoms with Crippen LogP contribution >= 0.6 is 0 Å². The minimum Gasteiger partial charge on any atom is -0.479 e. The van der Waals surface area contributed by atoms with E-state index in [-0.39, 0.29) is 6.10 Å². The molecule has 1 aromatic rings. The van der Waals surface area contributed by atoms with Crippen LogP contribution in [0.15, 0.2) is 30.3 Å². The van der Waals surface area contributed by atoms with E-state index in [4.69, 9.17) is 9.84 Å². The van der Waals surface area contributed by atoms with E-state index in [0.29, 0.717) is 0 Å². The highest BCUT2D eigenvalue weighted by Crippen LogP contribution is 2.51. The second-order valence-corrected chi connectivity index (χ2v) is 3.53. The Morgan fingerprint density at radius 3 is 3.00 bits per heavy atom. The van der Waals surface area contributed by atoms with Gasteiger partial charge in [0.05, 0.1) is 0 Å². The van der Waals surface area contributed by atoms with Gasteiger partial charge in [0.1, 0.15) is 6.10 Å². The van der Waals surface area contributed by atoms with Crippen LogP contribution in [0.5, 0.6) is 0 Å². The lowest BCUT2D eigenvalue weighted by Crippen LogP contribution is -2.26. The standard InChI is InChI=1S/C11H8O3/c12-10(13)11-8-4-2-1-3-7(8)5-6-9(11)14-11/h1-6,9H,(H,12,13). The molecule has 1 aliphatic heterocycles. The Morgan fingerprint density at radius 2 is 2.21 bits per heavy atom. The number of carboxylic acid groups (broad SMARTS) is 1. The molecule has 3 rings (SSSR count). The van der Waals surface area contributed by atoms with Crippen LogP contribution in [0.25, 0.3) is 6.08 Å². The van der Waals surface area contributed by atoms with Crippen molar-refractivity contribution in [3.63, 3.8) is 0 Å². The molecule has 70 valence electrons. The summed E-state index contributed by atoms with van der Waals surface area (Å²) < 4.78 is 5.27. The predicted octanol–water partition coefficient (Wildman–Crippen LogP) is 1.39. The Morgan fingerprint density at radius 1 is 1.43 bits per heavy atom. The van der Waals surface area contributed by atoms with E-state index in [1.54, 1.807) is 6.08 Å². The number of fused-ring (bicyclic) bond motifs is 3. The largest absolute Gasteiger partial charge is 0.479 e. The van der Waals surface area contributed by atoms with Crippen LogP contribution in [-0.4, -0.2) is 17.2 Å². The molecule has 1 N–H and O–H groups in total. The molecule has 0 amide bonds. The molecule has 1 aromatic carbocycles. The number of ether oxygens (including phenoxy) is 1. The van der Waals surface area contributed by atoms with Crippen molar-refractivity contribution in [1.82, 2.24) is 0 Å². The van der Waals surface area contributed by atoms with Crippen LogP contribution in [0.1, 0.15) is 11.1 Å². The van der Waals surface area contributed by atoms with Crippen molar-refractivity contribution in [2.24, 2.45) is 0 Å². The number of hydrogen-bond donors (Lipinski definition) is 1. The third kappa shape index (κ3) is 0.731. The van der Waals surface area contributed by atoms with E-state index in [1.807, 2.05) is 30.3 Å². The highest BCUT2D eigenvalue weighted by Gasteiger charge is 2.65. The highest BCUT2D eigenvalue weighted by atomic mass is 16.6. The highest BCUT2D eigenvalue weighted by molar-refractivity contribution is 5.87. The van der Waals surface area contributed by atoms with Crippen molar-refractivity contribution in [2.75, 3.05) is 0 Å². The fraction of sp³-hybridized carbons (Fsp3) is 0.182. The quantitative estimate of drug-likeness (QED) is 0.677. The number of benzene rings is 1. The topological polar surface area (TPSA) is 49.8 Å². The van der Waals surface area contributed by atoms with E-state index in [9.17, 15) is 4.79 Å². The van der Waals surface area contributed by atoms with Crippen LogP contribution in [0.4, 0.5) is 0 Å². The van der Waals surface area contributed by atoms with Gasteiger partial charge >= 0.3 is 5.97 Å². The summed E-state index contributed by atoms with van der Waals surface area (Å²) in [7, 11) is 0. The molecule has 3 heteroatoms. The molecule has 2 aliphatic rings. The summed E-state index contributed by atoms with van der Waals surface area (Å²) in [5, 5.41) is 9.13. The molecule has 2 unspecified atom stereocenters. The van der Waals surface area contributed by atoms with Crippen LogP contribution in [0, 0.1) is 0 Å². The third-order valence-corrected chi connectivity index (χ3v) is 2.79. The van der Waals surface area contributed by atoms with Crippen molar-refractivity contribution in [3.05, 3.63) is 41.5 Å².